The summed E-state index contributed by atoms with van der Waals surface area (Å²) in [5.41, 5.74) is 0.133. The number of halogens is 2. The first-order valence-corrected chi connectivity index (χ1v) is 7.67. The maximum absolute atomic E-state index is 12.4. The Morgan fingerprint density at radius 1 is 1.04 bits per heavy atom. The summed E-state index contributed by atoms with van der Waals surface area (Å²) < 4.78 is 44.1. The quantitative estimate of drug-likeness (QED) is 0.708. The Kier molecular flexibility index (Phi) is 6.93. The van der Waals surface area contributed by atoms with Gasteiger partial charge in [0.15, 0.2) is 6.61 Å². The molecule has 144 valence electrons. The summed E-state index contributed by atoms with van der Waals surface area (Å²) in [6.07, 6.45) is 0. The van der Waals surface area contributed by atoms with Gasteiger partial charge in [0, 0.05) is 6.07 Å². The molecule has 0 aromatic heterocycles. The molecule has 2 rings (SSSR count). The van der Waals surface area contributed by atoms with Gasteiger partial charge in [-0.15, -0.1) is 0 Å². The van der Waals surface area contributed by atoms with Gasteiger partial charge in [-0.05, 0) is 24.3 Å². The highest BCUT2D eigenvalue weighted by Crippen LogP contribution is 2.29. The van der Waals surface area contributed by atoms with Gasteiger partial charge < -0.3 is 24.3 Å². The zero-order valence-corrected chi connectivity index (χ0v) is 14.5. The average molecular weight is 381 g/mol. The molecule has 27 heavy (non-hydrogen) atoms. The number of ether oxygens (including phenoxy) is 4. The number of para-hydroxylation sites is 1. The molecule has 1 amide bonds. The van der Waals surface area contributed by atoms with Crippen molar-refractivity contribution in [2.75, 3.05) is 26.1 Å². The first-order chi connectivity index (χ1) is 12.9. The molecule has 2 aromatic carbocycles. The number of esters is 1. The van der Waals surface area contributed by atoms with E-state index in [0.29, 0.717) is 17.2 Å². The average Bonchev–Trinajstić information content (AvgIpc) is 2.66. The summed E-state index contributed by atoms with van der Waals surface area (Å²) in [4.78, 5) is 24.0. The molecule has 0 aliphatic heterocycles. The summed E-state index contributed by atoms with van der Waals surface area (Å²) >= 11 is 0. The Morgan fingerprint density at radius 3 is 2.44 bits per heavy atom. The number of carbonyl (C=O) groups is 2. The second-order valence-corrected chi connectivity index (χ2v) is 5.07. The normalized spacial score (nSPS) is 10.3. The van der Waals surface area contributed by atoms with Crippen molar-refractivity contribution in [1.82, 2.24) is 0 Å². The van der Waals surface area contributed by atoms with E-state index in [1.165, 1.54) is 38.5 Å². The van der Waals surface area contributed by atoms with Crippen LogP contribution in [-0.4, -0.2) is 39.3 Å². The molecular formula is C18H17F2NO6. The fourth-order valence-electron chi connectivity index (χ4n) is 2.13. The van der Waals surface area contributed by atoms with Crippen molar-refractivity contribution in [3.8, 4) is 17.2 Å². The summed E-state index contributed by atoms with van der Waals surface area (Å²) in [7, 11) is 2.91. The third-order valence-corrected chi connectivity index (χ3v) is 3.34. The predicted molar refractivity (Wildman–Crippen MR) is 91.5 cm³/mol. The van der Waals surface area contributed by atoms with E-state index in [1.807, 2.05) is 0 Å². The molecule has 0 atom stereocenters. The van der Waals surface area contributed by atoms with Crippen molar-refractivity contribution in [3.05, 3.63) is 48.0 Å². The van der Waals surface area contributed by atoms with E-state index in [4.69, 9.17) is 14.2 Å². The van der Waals surface area contributed by atoms with E-state index >= 15 is 0 Å². The van der Waals surface area contributed by atoms with Crippen molar-refractivity contribution >= 4 is 17.6 Å². The van der Waals surface area contributed by atoms with Crippen LogP contribution < -0.4 is 19.5 Å². The minimum atomic E-state index is -3.09. The molecular weight excluding hydrogens is 364 g/mol. The van der Waals surface area contributed by atoms with Crippen LogP contribution in [0.1, 0.15) is 10.4 Å². The van der Waals surface area contributed by atoms with Gasteiger partial charge in [-0.25, -0.2) is 4.79 Å². The highest BCUT2D eigenvalue weighted by Gasteiger charge is 2.18. The van der Waals surface area contributed by atoms with Gasteiger partial charge in [-0.1, -0.05) is 12.1 Å². The van der Waals surface area contributed by atoms with Gasteiger partial charge in [0.05, 0.1) is 19.9 Å². The van der Waals surface area contributed by atoms with Crippen LogP contribution in [0, 0.1) is 0 Å². The Hall–Kier alpha value is -3.36. The lowest BCUT2D eigenvalue weighted by Gasteiger charge is -2.12. The zero-order chi connectivity index (χ0) is 19.8. The molecule has 0 heterocycles. The molecule has 0 radical (unpaired) electrons. The lowest BCUT2D eigenvalue weighted by atomic mass is 10.2. The first-order valence-electron chi connectivity index (χ1n) is 7.67. The van der Waals surface area contributed by atoms with Crippen LogP contribution in [0.25, 0.3) is 0 Å². The van der Waals surface area contributed by atoms with Gasteiger partial charge >= 0.3 is 12.6 Å². The number of carbonyl (C=O) groups excluding carboxylic acids is 2. The van der Waals surface area contributed by atoms with Crippen molar-refractivity contribution < 1.29 is 37.3 Å². The maximum atomic E-state index is 12.4. The van der Waals surface area contributed by atoms with Crippen LogP contribution >= 0.6 is 0 Å². The van der Waals surface area contributed by atoms with Crippen LogP contribution in [0.4, 0.5) is 14.5 Å². The Balaban J connectivity index is 1.99. The Morgan fingerprint density at radius 2 is 1.78 bits per heavy atom. The van der Waals surface area contributed by atoms with Crippen LogP contribution in [0.5, 0.6) is 17.2 Å². The number of methoxy groups -OCH3 is 2. The summed E-state index contributed by atoms with van der Waals surface area (Å²) in [6.45, 7) is -3.72. The number of hydrogen-bond acceptors (Lipinski definition) is 6. The van der Waals surface area contributed by atoms with E-state index in [-0.39, 0.29) is 11.3 Å². The second-order valence-electron chi connectivity index (χ2n) is 5.07. The standard InChI is InChI=1S/C18H17F2NO6/c1-24-11-7-8-13(15(9-11)25-2)21-16(22)10-26-17(23)12-5-3-4-6-14(12)27-18(19)20/h3-9,18H,10H2,1-2H3,(H,21,22). The number of hydrogen-bond donors (Lipinski definition) is 1. The van der Waals surface area contributed by atoms with Crippen molar-refractivity contribution in [1.29, 1.82) is 0 Å². The van der Waals surface area contributed by atoms with Gasteiger partial charge in [0.1, 0.15) is 22.8 Å². The molecule has 9 heteroatoms. The van der Waals surface area contributed by atoms with Gasteiger partial charge in [0.25, 0.3) is 5.91 Å². The summed E-state index contributed by atoms with van der Waals surface area (Å²) in [5, 5.41) is 2.52. The van der Waals surface area contributed by atoms with Gasteiger partial charge in [-0.2, -0.15) is 8.78 Å². The van der Waals surface area contributed by atoms with Crippen molar-refractivity contribution in [2.24, 2.45) is 0 Å². The monoisotopic (exact) mass is 381 g/mol. The van der Waals surface area contributed by atoms with Crippen LogP contribution in [0.15, 0.2) is 42.5 Å². The second kappa shape index (κ2) is 9.37. The minimum absolute atomic E-state index is 0.215. The molecule has 7 nitrogen and oxygen atoms in total. The summed E-state index contributed by atoms with van der Waals surface area (Å²) in [5.74, 6) is -1.06. The molecule has 1 N–H and O–H groups in total. The molecule has 0 saturated heterocycles. The molecule has 0 spiro atoms. The Labute approximate surface area is 153 Å². The number of alkyl halides is 2. The van der Waals surface area contributed by atoms with E-state index in [0.717, 1.165) is 0 Å². The maximum Gasteiger partial charge on any atom is 0.387 e. The first kappa shape index (κ1) is 20.0. The lowest BCUT2D eigenvalue weighted by Crippen LogP contribution is -2.21. The SMILES string of the molecule is COc1ccc(NC(=O)COC(=O)c2ccccc2OC(F)F)c(OC)c1. The fourth-order valence-corrected chi connectivity index (χ4v) is 2.13. The zero-order valence-electron chi connectivity index (χ0n) is 14.5. The number of amides is 1. The molecule has 0 saturated carbocycles. The minimum Gasteiger partial charge on any atom is -0.497 e. The van der Waals surface area contributed by atoms with Crippen LogP contribution in [-0.2, 0) is 9.53 Å². The van der Waals surface area contributed by atoms with E-state index in [9.17, 15) is 18.4 Å². The van der Waals surface area contributed by atoms with E-state index in [2.05, 4.69) is 10.1 Å². The number of rotatable bonds is 8. The Bertz CT molecular complexity index is 812. The van der Waals surface area contributed by atoms with Crippen molar-refractivity contribution in [2.45, 2.75) is 6.61 Å². The van der Waals surface area contributed by atoms with Crippen LogP contribution in [0.3, 0.4) is 0 Å². The topological polar surface area (TPSA) is 83.1 Å². The number of anilines is 1. The van der Waals surface area contributed by atoms with Crippen LogP contribution in [0.2, 0.25) is 0 Å². The summed E-state index contributed by atoms with van der Waals surface area (Å²) in [6, 6.07) is 10.1. The molecule has 0 unspecified atom stereocenters. The number of nitrogens with one attached hydrogen (secondary N) is 1. The molecule has 0 aliphatic rings. The molecule has 0 aliphatic carbocycles. The smallest absolute Gasteiger partial charge is 0.387 e. The number of benzene rings is 2. The predicted octanol–water partition coefficient (Wildman–Crippen LogP) is 3.10. The third kappa shape index (κ3) is 5.56. The molecule has 2 aromatic rings. The van der Waals surface area contributed by atoms with E-state index < -0.39 is 25.1 Å². The van der Waals surface area contributed by atoms with Gasteiger partial charge in [0.2, 0.25) is 0 Å². The lowest BCUT2D eigenvalue weighted by molar-refractivity contribution is -0.119. The fraction of sp³-hybridized carbons (Fsp3) is 0.222. The molecule has 0 fully saturated rings. The van der Waals surface area contributed by atoms with Crippen molar-refractivity contribution in [3.63, 3.8) is 0 Å². The highest BCUT2D eigenvalue weighted by atomic mass is 19.3. The highest BCUT2D eigenvalue weighted by molar-refractivity contribution is 5.97. The molecule has 0 bridgehead atoms. The van der Waals surface area contributed by atoms with Gasteiger partial charge in [-0.3, -0.25) is 4.79 Å². The largest absolute Gasteiger partial charge is 0.497 e. The third-order valence-electron chi connectivity index (χ3n) is 3.34. The van der Waals surface area contributed by atoms with E-state index in [1.54, 1.807) is 18.2 Å².